The van der Waals surface area contributed by atoms with Crippen LogP contribution in [0.1, 0.15) is 27.9 Å². The SMILES string of the molecule is COc1cccc(CNC(=O)c2ccc3c(c2)CCC(=O)N3)c1. The Morgan fingerprint density at radius 3 is 2.91 bits per heavy atom. The Labute approximate surface area is 134 Å². The highest BCUT2D eigenvalue weighted by Gasteiger charge is 2.16. The summed E-state index contributed by atoms with van der Waals surface area (Å²) in [6.45, 7) is 0.434. The van der Waals surface area contributed by atoms with E-state index in [4.69, 9.17) is 4.74 Å². The standard InChI is InChI=1S/C18H18N2O3/c1-23-15-4-2-3-12(9-15)11-19-18(22)14-5-7-16-13(10-14)6-8-17(21)20-16/h2-5,7,9-10H,6,8,11H2,1H3,(H,19,22)(H,20,21). The van der Waals surface area contributed by atoms with Crippen LogP contribution in [0.25, 0.3) is 0 Å². The molecule has 0 aromatic heterocycles. The summed E-state index contributed by atoms with van der Waals surface area (Å²) < 4.78 is 5.17. The van der Waals surface area contributed by atoms with Crippen molar-refractivity contribution < 1.29 is 14.3 Å². The second-order valence-corrected chi connectivity index (χ2v) is 5.45. The highest BCUT2D eigenvalue weighted by Crippen LogP contribution is 2.23. The molecule has 0 saturated carbocycles. The van der Waals surface area contributed by atoms with Crippen LogP contribution in [0.15, 0.2) is 42.5 Å². The van der Waals surface area contributed by atoms with Gasteiger partial charge in [-0.15, -0.1) is 0 Å². The van der Waals surface area contributed by atoms with Gasteiger partial charge in [-0.05, 0) is 47.9 Å². The molecule has 0 atom stereocenters. The van der Waals surface area contributed by atoms with E-state index >= 15 is 0 Å². The number of rotatable bonds is 4. The first-order chi connectivity index (χ1) is 11.2. The molecule has 0 aliphatic carbocycles. The van der Waals surface area contributed by atoms with Crippen molar-refractivity contribution in [1.82, 2.24) is 5.32 Å². The fourth-order valence-electron chi connectivity index (χ4n) is 2.59. The number of carbonyl (C=O) groups is 2. The van der Waals surface area contributed by atoms with Crippen LogP contribution in [0.2, 0.25) is 0 Å². The van der Waals surface area contributed by atoms with Crippen LogP contribution in [0.5, 0.6) is 5.75 Å². The molecule has 23 heavy (non-hydrogen) atoms. The highest BCUT2D eigenvalue weighted by atomic mass is 16.5. The number of aryl methyl sites for hydroxylation is 1. The summed E-state index contributed by atoms with van der Waals surface area (Å²) in [7, 11) is 1.61. The summed E-state index contributed by atoms with van der Waals surface area (Å²) in [4.78, 5) is 23.6. The molecule has 1 aliphatic rings. The van der Waals surface area contributed by atoms with Crippen molar-refractivity contribution in [2.24, 2.45) is 0 Å². The van der Waals surface area contributed by atoms with Gasteiger partial charge in [0.1, 0.15) is 5.75 Å². The summed E-state index contributed by atoms with van der Waals surface area (Å²) in [6.07, 6.45) is 1.13. The zero-order chi connectivity index (χ0) is 16.2. The smallest absolute Gasteiger partial charge is 0.251 e. The van der Waals surface area contributed by atoms with Gasteiger partial charge in [0.05, 0.1) is 7.11 Å². The largest absolute Gasteiger partial charge is 0.497 e. The number of methoxy groups -OCH3 is 1. The fraction of sp³-hybridized carbons (Fsp3) is 0.222. The quantitative estimate of drug-likeness (QED) is 0.912. The monoisotopic (exact) mass is 310 g/mol. The van der Waals surface area contributed by atoms with Crippen molar-refractivity contribution in [3.8, 4) is 5.75 Å². The van der Waals surface area contributed by atoms with Crippen LogP contribution in [-0.2, 0) is 17.8 Å². The van der Waals surface area contributed by atoms with Gasteiger partial charge in [0, 0.05) is 24.2 Å². The van der Waals surface area contributed by atoms with Crippen molar-refractivity contribution in [3.05, 3.63) is 59.2 Å². The van der Waals surface area contributed by atoms with E-state index < -0.39 is 0 Å². The second kappa shape index (κ2) is 6.52. The van der Waals surface area contributed by atoms with Crippen LogP contribution in [0, 0.1) is 0 Å². The Morgan fingerprint density at radius 2 is 2.09 bits per heavy atom. The molecule has 1 heterocycles. The molecule has 2 N–H and O–H groups in total. The maximum absolute atomic E-state index is 12.3. The lowest BCUT2D eigenvalue weighted by molar-refractivity contribution is -0.116. The fourth-order valence-corrected chi connectivity index (χ4v) is 2.59. The number of carbonyl (C=O) groups excluding carboxylic acids is 2. The molecule has 2 aromatic rings. The predicted molar refractivity (Wildman–Crippen MR) is 87.6 cm³/mol. The average Bonchev–Trinajstić information content (AvgIpc) is 2.59. The molecule has 0 bridgehead atoms. The molecule has 0 spiro atoms. The first-order valence-corrected chi connectivity index (χ1v) is 7.49. The van der Waals surface area contributed by atoms with Gasteiger partial charge in [0.25, 0.3) is 5.91 Å². The molecule has 0 fully saturated rings. The zero-order valence-corrected chi connectivity index (χ0v) is 12.9. The van der Waals surface area contributed by atoms with Crippen molar-refractivity contribution in [2.75, 3.05) is 12.4 Å². The van der Waals surface area contributed by atoms with Crippen LogP contribution < -0.4 is 15.4 Å². The lowest BCUT2D eigenvalue weighted by Crippen LogP contribution is -2.24. The highest BCUT2D eigenvalue weighted by molar-refractivity contribution is 5.97. The number of anilines is 1. The molecule has 2 amide bonds. The number of hydrogen-bond acceptors (Lipinski definition) is 3. The molecular formula is C18H18N2O3. The molecule has 2 aromatic carbocycles. The van der Waals surface area contributed by atoms with Gasteiger partial charge in [-0.25, -0.2) is 0 Å². The van der Waals surface area contributed by atoms with Crippen molar-refractivity contribution in [1.29, 1.82) is 0 Å². The second-order valence-electron chi connectivity index (χ2n) is 5.45. The molecule has 3 rings (SSSR count). The van der Waals surface area contributed by atoms with Gasteiger partial charge in [0.15, 0.2) is 0 Å². The minimum Gasteiger partial charge on any atom is -0.497 e. The van der Waals surface area contributed by atoms with Crippen LogP contribution in [0.4, 0.5) is 5.69 Å². The molecule has 5 heteroatoms. The Balaban J connectivity index is 1.67. The van der Waals surface area contributed by atoms with Gasteiger partial charge in [-0.3, -0.25) is 9.59 Å². The van der Waals surface area contributed by atoms with Crippen molar-refractivity contribution >= 4 is 17.5 Å². The van der Waals surface area contributed by atoms with Gasteiger partial charge in [0.2, 0.25) is 5.91 Å². The summed E-state index contributed by atoms with van der Waals surface area (Å²) in [5.74, 6) is 0.654. The number of nitrogens with one attached hydrogen (secondary N) is 2. The van der Waals surface area contributed by atoms with E-state index in [1.165, 1.54) is 0 Å². The predicted octanol–water partition coefficient (Wildman–Crippen LogP) is 2.51. The first-order valence-electron chi connectivity index (χ1n) is 7.49. The summed E-state index contributed by atoms with van der Waals surface area (Å²) in [5, 5.41) is 5.71. The summed E-state index contributed by atoms with van der Waals surface area (Å²) in [5.41, 5.74) is 3.37. The van der Waals surface area contributed by atoms with E-state index in [0.29, 0.717) is 24.9 Å². The van der Waals surface area contributed by atoms with Gasteiger partial charge in [-0.2, -0.15) is 0 Å². The molecule has 1 aliphatic heterocycles. The van der Waals surface area contributed by atoms with E-state index in [1.54, 1.807) is 19.2 Å². The molecule has 0 radical (unpaired) electrons. The summed E-state index contributed by atoms with van der Waals surface area (Å²) >= 11 is 0. The molecule has 0 saturated heterocycles. The number of fused-ring (bicyclic) bond motifs is 1. The third-order valence-electron chi connectivity index (χ3n) is 3.85. The van der Waals surface area contributed by atoms with E-state index in [9.17, 15) is 9.59 Å². The minimum absolute atomic E-state index is 0.0210. The van der Waals surface area contributed by atoms with Crippen molar-refractivity contribution in [3.63, 3.8) is 0 Å². The van der Waals surface area contributed by atoms with Gasteiger partial charge in [-0.1, -0.05) is 12.1 Å². The van der Waals surface area contributed by atoms with E-state index in [2.05, 4.69) is 10.6 Å². The lowest BCUT2D eigenvalue weighted by Gasteiger charge is -2.17. The Hall–Kier alpha value is -2.82. The van der Waals surface area contributed by atoms with Crippen molar-refractivity contribution in [2.45, 2.75) is 19.4 Å². The molecular weight excluding hydrogens is 292 g/mol. The van der Waals surface area contributed by atoms with Crippen LogP contribution in [-0.4, -0.2) is 18.9 Å². The first kappa shape index (κ1) is 15.1. The maximum Gasteiger partial charge on any atom is 0.251 e. The lowest BCUT2D eigenvalue weighted by atomic mass is 10.00. The zero-order valence-electron chi connectivity index (χ0n) is 12.9. The number of benzene rings is 2. The normalized spacial score (nSPS) is 13.0. The molecule has 118 valence electrons. The van der Waals surface area contributed by atoms with Crippen LogP contribution in [0.3, 0.4) is 0 Å². The van der Waals surface area contributed by atoms with E-state index in [-0.39, 0.29) is 11.8 Å². The Bertz CT molecular complexity index is 756. The Morgan fingerprint density at radius 1 is 1.22 bits per heavy atom. The number of ether oxygens (including phenoxy) is 1. The van der Waals surface area contributed by atoms with E-state index in [0.717, 1.165) is 22.6 Å². The number of hydrogen-bond donors (Lipinski definition) is 2. The third kappa shape index (κ3) is 3.51. The summed E-state index contributed by atoms with van der Waals surface area (Å²) in [6, 6.07) is 12.9. The third-order valence-corrected chi connectivity index (χ3v) is 3.85. The molecule has 0 unspecified atom stereocenters. The molecule has 5 nitrogen and oxygen atoms in total. The van der Waals surface area contributed by atoms with Gasteiger partial charge < -0.3 is 15.4 Å². The van der Waals surface area contributed by atoms with Gasteiger partial charge >= 0.3 is 0 Å². The van der Waals surface area contributed by atoms with E-state index in [1.807, 2.05) is 30.3 Å². The van der Waals surface area contributed by atoms with Crippen LogP contribution >= 0.6 is 0 Å². The topological polar surface area (TPSA) is 67.4 Å². The minimum atomic E-state index is -0.132. The number of amides is 2. The Kier molecular flexibility index (Phi) is 4.28. The average molecular weight is 310 g/mol. The maximum atomic E-state index is 12.3.